The van der Waals surface area contributed by atoms with E-state index in [0.717, 1.165) is 6.42 Å². The fourth-order valence-electron chi connectivity index (χ4n) is 1.49. The highest BCUT2D eigenvalue weighted by Gasteiger charge is 2.32. The smallest absolute Gasteiger partial charge is 0.216 e. The van der Waals surface area contributed by atoms with Crippen LogP contribution in [0.5, 0.6) is 0 Å². The van der Waals surface area contributed by atoms with E-state index in [1.807, 2.05) is 7.05 Å². The Hall–Kier alpha value is -0.130. The molecule has 1 rings (SSSR count). The molecule has 0 saturated carbocycles. The number of hydrogen-bond acceptors (Lipinski definition) is 3. The number of nitrogens with zero attached hydrogens (tertiary/aromatic N) is 1. The Labute approximate surface area is 80.4 Å². The average molecular weight is 206 g/mol. The van der Waals surface area contributed by atoms with Gasteiger partial charge in [0.25, 0.3) is 0 Å². The van der Waals surface area contributed by atoms with Crippen LogP contribution in [0.1, 0.15) is 20.3 Å². The maximum Gasteiger partial charge on any atom is 0.216 e. The molecule has 4 nitrogen and oxygen atoms in total. The van der Waals surface area contributed by atoms with Gasteiger partial charge in [-0.05, 0) is 27.3 Å². The summed E-state index contributed by atoms with van der Waals surface area (Å²) in [5, 5.41) is 2.80. The van der Waals surface area contributed by atoms with Gasteiger partial charge in [0.1, 0.15) is 0 Å². The van der Waals surface area contributed by atoms with Gasteiger partial charge >= 0.3 is 0 Å². The SMILES string of the molecule is CNC1CCN(S(=O)(=O)C(C)C)C1. The second-order valence-corrected chi connectivity index (χ2v) is 6.22. The van der Waals surface area contributed by atoms with Crippen molar-refractivity contribution in [2.75, 3.05) is 20.1 Å². The van der Waals surface area contributed by atoms with Crippen LogP contribution in [0.15, 0.2) is 0 Å². The van der Waals surface area contributed by atoms with Crippen molar-refractivity contribution in [1.29, 1.82) is 0 Å². The zero-order valence-corrected chi connectivity index (χ0v) is 9.26. The topological polar surface area (TPSA) is 49.4 Å². The molecule has 1 aliphatic heterocycles. The lowest BCUT2D eigenvalue weighted by atomic mass is 10.3. The maximum absolute atomic E-state index is 11.7. The monoisotopic (exact) mass is 206 g/mol. The lowest BCUT2D eigenvalue weighted by molar-refractivity contribution is 0.458. The van der Waals surface area contributed by atoms with Crippen molar-refractivity contribution in [3.8, 4) is 0 Å². The lowest BCUT2D eigenvalue weighted by Gasteiger charge is -2.18. The molecule has 78 valence electrons. The Morgan fingerprint density at radius 3 is 2.46 bits per heavy atom. The van der Waals surface area contributed by atoms with Crippen LogP contribution >= 0.6 is 0 Å². The highest BCUT2D eigenvalue weighted by molar-refractivity contribution is 7.89. The molecule has 0 aromatic carbocycles. The summed E-state index contributed by atoms with van der Waals surface area (Å²) in [6.45, 7) is 4.73. The standard InChI is InChI=1S/C8H18N2O2S/c1-7(2)13(11,12)10-5-4-8(6-10)9-3/h7-9H,4-6H2,1-3H3. The average Bonchev–Trinajstić information content (AvgIpc) is 2.51. The molecule has 0 bridgehead atoms. The van der Waals surface area contributed by atoms with E-state index >= 15 is 0 Å². The molecule has 1 aliphatic rings. The number of likely N-dealkylation sites (N-methyl/N-ethyl adjacent to an activating group) is 1. The molecule has 0 radical (unpaired) electrons. The second kappa shape index (κ2) is 3.94. The maximum atomic E-state index is 11.7. The first-order valence-electron chi connectivity index (χ1n) is 4.64. The van der Waals surface area contributed by atoms with Crippen LogP contribution < -0.4 is 5.32 Å². The van der Waals surface area contributed by atoms with Crippen LogP contribution in [0.3, 0.4) is 0 Å². The van der Waals surface area contributed by atoms with Crippen molar-refractivity contribution in [3.63, 3.8) is 0 Å². The Balaban J connectivity index is 2.66. The van der Waals surface area contributed by atoms with E-state index in [9.17, 15) is 8.42 Å². The molecule has 1 unspecified atom stereocenters. The molecule has 1 fully saturated rings. The summed E-state index contributed by atoms with van der Waals surface area (Å²) in [6, 6.07) is 0.327. The Morgan fingerprint density at radius 1 is 1.46 bits per heavy atom. The fourth-order valence-corrected chi connectivity index (χ4v) is 2.84. The molecular weight excluding hydrogens is 188 g/mol. The van der Waals surface area contributed by atoms with E-state index in [2.05, 4.69) is 5.32 Å². The van der Waals surface area contributed by atoms with Gasteiger partial charge in [-0.25, -0.2) is 12.7 Å². The van der Waals surface area contributed by atoms with Gasteiger partial charge < -0.3 is 5.32 Å². The minimum atomic E-state index is -3.03. The van der Waals surface area contributed by atoms with E-state index < -0.39 is 10.0 Å². The Bertz CT molecular complexity index is 261. The van der Waals surface area contributed by atoms with Crippen molar-refractivity contribution in [1.82, 2.24) is 9.62 Å². The third kappa shape index (κ3) is 2.21. The predicted molar refractivity (Wildman–Crippen MR) is 53.1 cm³/mol. The van der Waals surface area contributed by atoms with Crippen LogP contribution in [0.2, 0.25) is 0 Å². The van der Waals surface area contributed by atoms with Crippen molar-refractivity contribution in [2.45, 2.75) is 31.6 Å². The molecular formula is C8H18N2O2S. The number of nitrogens with one attached hydrogen (secondary N) is 1. The molecule has 1 atom stereocenters. The van der Waals surface area contributed by atoms with Gasteiger partial charge in [-0.2, -0.15) is 0 Å². The zero-order valence-electron chi connectivity index (χ0n) is 8.45. The summed E-state index contributed by atoms with van der Waals surface area (Å²) < 4.78 is 25.0. The predicted octanol–water partition coefficient (Wildman–Crippen LogP) is 0.0183. The van der Waals surface area contributed by atoms with Gasteiger partial charge in [0.05, 0.1) is 5.25 Å². The third-order valence-electron chi connectivity index (χ3n) is 2.51. The van der Waals surface area contributed by atoms with Gasteiger partial charge in [0, 0.05) is 19.1 Å². The zero-order chi connectivity index (χ0) is 10.1. The van der Waals surface area contributed by atoms with E-state index in [4.69, 9.17) is 0 Å². The number of sulfonamides is 1. The molecule has 0 aromatic rings. The summed E-state index contributed by atoms with van der Waals surface area (Å²) in [7, 11) is -1.16. The summed E-state index contributed by atoms with van der Waals surface area (Å²) in [5.41, 5.74) is 0. The molecule has 1 N–H and O–H groups in total. The van der Waals surface area contributed by atoms with Crippen molar-refractivity contribution < 1.29 is 8.42 Å². The molecule has 1 saturated heterocycles. The minimum absolute atomic E-state index is 0.303. The molecule has 1 heterocycles. The van der Waals surface area contributed by atoms with E-state index in [0.29, 0.717) is 19.1 Å². The van der Waals surface area contributed by atoms with E-state index in [1.165, 1.54) is 0 Å². The normalized spacial score (nSPS) is 25.7. The largest absolute Gasteiger partial charge is 0.316 e. The van der Waals surface area contributed by atoms with Crippen LogP contribution in [-0.2, 0) is 10.0 Å². The molecule has 0 amide bonds. The Morgan fingerprint density at radius 2 is 2.08 bits per heavy atom. The summed E-state index contributed by atoms with van der Waals surface area (Å²) in [6.07, 6.45) is 0.919. The van der Waals surface area contributed by atoms with Crippen LogP contribution in [0, 0.1) is 0 Å². The molecule has 0 aliphatic carbocycles. The van der Waals surface area contributed by atoms with Crippen molar-refractivity contribution in [2.24, 2.45) is 0 Å². The highest BCUT2D eigenvalue weighted by atomic mass is 32.2. The number of hydrogen-bond donors (Lipinski definition) is 1. The highest BCUT2D eigenvalue weighted by Crippen LogP contribution is 2.16. The van der Waals surface area contributed by atoms with Gasteiger partial charge in [0.15, 0.2) is 0 Å². The minimum Gasteiger partial charge on any atom is -0.316 e. The van der Waals surface area contributed by atoms with Gasteiger partial charge in [0.2, 0.25) is 10.0 Å². The van der Waals surface area contributed by atoms with Gasteiger partial charge in [-0.15, -0.1) is 0 Å². The quantitative estimate of drug-likeness (QED) is 0.708. The summed E-state index contributed by atoms with van der Waals surface area (Å²) in [5.74, 6) is 0. The van der Waals surface area contributed by atoms with Crippen LogP contribution in [0.4, 0.5) is 0 Å². The molecule has 0 aromatic heterocycles. The van der Waals surface area contributed by atoms with Gasteiger partial charge in [-0.1, -0.05) is 0 Å². The summed E-state index contributed by atoms with van der Waals surface area (Å²) >= 11 is 0. The second-order valence-electron chi connectivity index (χ2n) is 3.73. The first kappa shape index (κ1) is 10.9. The van der Waals surface area contributed by atoms with Crippen LogP contribution in [-0.4, -0.2) is 44.2 Å². The first-order valence-corrected chi connectivity index (χ1v) is 6.15. The molecule has 5 heteroatoms. The third-order valence-corrected chi connectivity index (χ3v) is 4.76. The van der Waals surface area contributed by atoms with Crippen molar-refractivity contribution in [3.05, 3.63) is 0 Å². The molecule has 13 heavy (non-hydrogen) atoms. The lowest BCUT2D eigenvalue weighted by Crippen LogP contribution is -2.37. The first-order chi connectivity index (χ1) is 5.98. The van der Waals surface area contributed by atoms with Crippen molar-refractivity contribution >= 4 is 10.0 Å². The molecule has 0 spiro atoms. The van der Waals surface area contributed by atoms with Gasteiger partial charge in [-0.3, -0.25) is 0 Å². The van der Waals surface area contributed by atoms with E-state index in [1.54, 1.807) is 18.2 Å². The van der Waals surface area contributed by atoms with Crippen LogP contribution in [0.25, 0.3) is 0 Å². The fraction of sp³-hybridized carbons (Fsp3) is 1.00. The summed E-state index contributed by atoms with van der Waals surface area (Å²) in [4.78, 5) is 0. The number of rotatable bonds is 3. The van der Waals surface area contributed by atoms with E-state index in [-0.39, 0.29) is 5.25 Å². The Kier molecular flexibility index (Phi) is 3.32.